The largest absolute Gasteiger partial charge is 0.390 e. The summed E-state index contributed by atoms with van der Waals surface area (Å²) in [6.07, 6.45) is 14.3. The molecule has 0 amide bonds. The van der Waals surface area contributed by atoms with Gasteiger partial charge in [0.05, 0.1) is 17.5 Å². The molecule has 1 aromatic rings. The lowest BCUT2D eigenvalue weighted by Crippen LogP contribution is -2.51. The second-order valence-electron chi connectivity index (χ2n) is 12.0. The summed E-state index contributed by atoms with van der Waals surface area (Å²) in [5.74, 6) is 4.99. The van der Waals surface area contributed by atoms with Crippen molar-refractivity contribution in [1.29, 1.82) is 5.26 Å². The number of nitrogens with one attached hydrogen (secondary N) is 1. The number of pyridine rings is 1. The van der Waals surface area contributed by atoms with E-state index in [2.05, 4.69) is 37.1 Å². The molecule has 4 nitrogen and oxygen atoms in total. The molecular weight excluding hydrogens is 394 g/mol. The molecule has 0 saturated heterocycles. The van der Waals surface area contributed by atoms with Crippen LogP contribution in [0.25, 0.3) is 0 Å². The Kier molecular flexibility index (Phi) is 5.77. The first-order valence-electron chi connectivity index (χ1n) is 13.2. The summed E-state index contributed by atoms with van der Waals surface area (Å²) in [6.45, 7) is 7.12. The molecule has 5 rings (SSSR count). The maximum Gasteiger partial charge on any atom is 0.140 e. The summed E-state index contributed by atoms with van der Waals surface area (Å²) in [6, 6.07) is 6.33. The normalized spacial score (nSPS) is 44.0. The lowest BCUT2D eigenvalue weighted by atomic mass is 9.48. The molecule has 4 fully saturated rings. The maximum absolute atomic E-state index is 10.9. The van der Waals surface area contributed by atoms with Gasteiger partial charge in [0, 0.05) is 6.04 Å². The zero-order chi connectivity index (χ0) is 22.5. The fraction of sp³-hybridized carbons (Fsp3) is 0.786. The molecule has 4 aliphatic rings. The fourth-order valence-corrected chi connectivity index (χ4v) is 9.05. The van der Waals surface area contributed by atoms with E-state index >= 15 is 0 Å². The molecule has 2 N–H and O–H groups in total. The van der Waals surface area contributed by atoms with E-state index in [1.165, 1.54) is 44.9 Å². The average molecular weight is 436 g/mol. The summed E-state index contributed by atoms with van der Waals surface area (Å²) >= 11 is 0. The Balaban J connectivity index is 1.28. The Morgan fingerprint density at radius 1 is 1.12 bits per heavy atom. The molecule has 0 spiro atoms. The van der Waals surface area contributed by atoms with Gasteiger partial charge in [-0.2, -0.15) is 5.26 Å². The topological polar surface area (TPSA) is 68.9 Å². The molecule has 0 bridgehead atoms. The lowest BCUT2D eigenvalue weighted by molar-refractivity contribution is -0.107. The molecule has 1 heterocycles. The first-order valence-corrected chi connectivity index (χ1v) is 13.2. The SMILES string of the molecule is CC[C@@]1(O)CC[C@H]2[C@H](CC[C@@H]3[C@@H]2CC[C@]2(C)[C@@H](C(C)Nc4ccc(C#N)nc4)CC[C@@H]32)C1. The molecule has 0 aliphatic heterocycles. The highest BCUT2D eigenvalue weighted by Gasteiger charge is 2.58. The van der Waals surface area contributed by atoms with Crippen LogP contribution in [0.4, 0.5) is 5.69 Å². The van der Waals surface area contributed by atoms with Gasteiger partial charge >= 0.3 is 0 Å². The summed E-state index contributed by atoms with van der Waals surface area (Å²) in [4.78, 5) is 4.24. The van der Waals surface area contributed by atoms with E-state index in [1.54, 1.807) is 0 Å². The Bertz CT molecular complexity index is 862. The van der Waals surface area contributed by atoms with E-state index in [1.807, 2.05) is 18.3 Å². The van der Waals surface area contributed by atoms with Gasteiger partial charge in [0.15, 0.2) is 0 Å². The molecule has 4 heteroatoms. The van der Waals surface area contributed by atoms with Gasteiger partial charge in [0.25, 0.3) is 0 Å². The molecule has 4 saturated carbocycles. The molecule has 174 valence electrons. The van der Waals surface area contributed by atoms with E-state index in [4.69, 9.17) is 5.26 Å². The van der Waals surface area contributed by atoms with Gasteiger partial charge in [-0.05, 0) is 124 Å². The smallest absolute Gasteiger partial charge is 0.140 e. The van der Waals surface area contributed by atoms with Crippen LogP contribution in [0, 0.1) is 52.3 Å². The molecule has 1 aromatic heterocycles. The number of nitrogens with zero attached hydrogens (tertiary/aromatic N) is 2. The highest BCUT2D eigenvalue weighted by molar-refractivity contribution is 5.43. The lowest BCUT2D eigenvalue weighted by Gasteiger charge is -2.57. The fourth-order valence-electron chi connectivity index (χ4n) is 9.05. The molecular formula is C28H41N3O. The number of hydrogen-bond donors (Lipinski definition) is 2. The molecule has 32 heavy (non-hydrogen) atoms. The number of fused-ring (bicyclic) bond motifs is 5. The zero-order valence-corrected chi connectivity index (χ0v) is 20.2. The molecule has 0 radical (unpaired) electrons. The number of nitriles is 1. The number of aromatic nitrogens is 1. The first-order chi connectivity index (χ1) is 15.4. The summed E-state index contributed by atoms with van der Waals surface area (Å²) < 4.78 is 0. The Morgan fingerprint density at radius 3 is 2.66 bits per heavy atom. The van der Waals surface area contributed by atoms with Gasteiger partial charge in [-0.15, -0.1) is 0 Å². The van der Waals surface area contributed by atoms with Crippen LogP contribution < -0.4 is 5.32 Å². The van der Waals surface area contributed by atoms with Crippen molar-refractivity contribution in [2.24, 2.45) is 40.9 Å². The summed E-state index contributed by atoms with van der Waals surface area (Å²) in [7, 11) is 0. The minimum absolute atomic E-state index is 0.378. The number of anilines is 1. The quantitative estimate of drug-likeness (QED) is 0.594. The maximum atomic E-state index is 10.9. The van der Waals surface area contributed by atoms with Crippen molar-refractivity contribution in [3.8, 4) is 6.07 Å². The van der Waals surface area contributed by atoms with Gasteiger partial charge in [0.1, 0.15) is 11.8 Å². The first kappa shape index (κ1) is 22.2. The van der Waals surface area contributed by atoms with Crippen molar-refractivity contribution in [3.63, 3.8) is 0 Å². The predicted molar refractivity (Wildman–Crippen MR) is 128 cm³/mol. The van der Waals surface area contributed by atoms with E-state index in [9.17, 15) is 5.11 Å². The van der Waals surface area contributed by atoms with Crippen LogP contribution in [0.15, 0.2) is 18.3 Å². The summed E-state index contributed by atoms with van der Waals surface area (Å²) in [5.41, 5.74) is 1.56. The number of aliphatic hydroxyl groups is 1. The second kappa shape index (κ2) is 8.32. The molecule has 4 aliphatic carbocycles. The third kappa shape index (κ3) is 3.65. The van der Waals surface area contributed by atoms with Crippen LogP contribution in [0.1, 0.15) is 90.7 Å². The average Bonchev–Trinajstić information content (AvgIpc) is 3.16. The van der Waals surface area contributed by atoms with Crippen LogP contribution in [0.3, 0.4) is 0 Å². The summed E-state index contributed by atoms with van der Waals surface area (Å²) in [5, 5.41) is 23.7. The van der Waals surface area contributed by atoms with Crippen molar-refractivity contribution in [2.75, 3.05) is 5.32 Å². The monoisotopic (exact) mass is 435 g/mol. The third-order valence-corrected chi connectivity index (χ3v) is 10.7. The van der Waals surface area contributed by atoms with Gasteiger partial charge < -0.3 is 10.4 Å². The Hall–Kier alpha value is -1.60. The standard InChI is InChI=1S/C28H41N3O/c1-4-28(32)14-12-22-19(15-28)5-8-24-23(22)11-13-27(3)25(9-10-26(24)27)18(2)31-21-7-6-20(16-29)30-17-21/h6-7,17-19,22-26,31-32H,4-5,8-15H2,1-3H3/t18?,19-,22+,23-,24-,25-,26+,27-,28-/m1/s1. The van der Waals surface area contributed by atoms with Crippen molar-refractivity contribution < 1.29 is 5.11 Å². The van der Waals surface area contributed by atoms with E-state index in [0.717, 1.165) is 54.5 Å². The van der Waals surface area contributed by atoms with Crippen LogP contribution in [-0.4, -0.2) is 21.7 Å². The Morgan fingerprint density at radius 2 is 1.94 bits per heavy atom. The van der Waals surface area contributed by atoms with Gasteiger partial charge in [0.2, 0.25) is 0 Å². The highest BCUT2D eigenvalue weighted by Crippen LogP contribution is 2.65. The van der Waals surface area contributed by atoms with Crippen LogP contribution >= 0.6 is 0 Å². The molecule has 1 unspecified atom stereocenters. The van der Waals surface area contributed by atoms with Crippen LogP contribution in [0.2, 0.25) is 0 Å². The van der Waals surface area contributed by atoms with Crippen molar-refractivity contribution >= 4 is 5.69 Å². The molecule has 9 atom stereocenters. The van der Waals surface area contributed by atoms with Crippen LogP contribution in [0.5, 0.6) is 0 Å². The van der Waals surface area contributed by atoms with Crippen molar-refractivity contribution in [3.05, 3.63) is 24.0 Å². The van der Waals surface area contributed by atoms with E-state index in [0.29, 0.717) is 23.1 Å². The van der Waals surface area contributed by atoms with Gasteiger partial charge in [-0.1, -0.05) is 13.8 Å². The van der Waals surface area contributed by atoms with E-state index in [-0.39, 0.29) is 5.60 Å². The number of hydrogen-bond acceptors (Lipinski definition) is 4. The van der Waals surface area contributed by atoms with Gasteiger partial charge in [-0.3, -0.25) is 0 Å². The van der Waals surface area contributed by atoms with Gasteiger partial charge in [-0.25, -0.2) is 4.98 Å². The minimum atomic E-state index is -0.378. The second-order valence-corrected chi connectivity index (χ2v) is 12.0. The Labute approximate surface area is 194 Å². The zero-order valence-electron chi connectivity index (χ0n) is 20.2. The predicted octanol–water partition coefficient (Wildman–Crippen LogP) is 6.16. The number of rotatable bonds is 4. The minimum Gasteiger partial charge on any atom is -0.390 e. The van der Waals surface area contributed by atoms with Crippen molar-refractivity contribution in [1.82, 2.24) is 4.98 Å². The van der Waals surface area contributed by atoms with E-state index < -0.39 is 0 Å². The van der Waals surface area contributed by atoms with Crippen molar-refractivity contribution in [2.45, 2.75) is 96.6 Å². The molecule has 0 aromatic carbocycles. The van der Waals surface area contributed by atoms with Crippen LogP contribution in [-0.2, 0) is 0 Å². The highest BCUT2D eigenvalue weighted by atomic mass is 16.3. The third-order valence-electron chi connectivity index (χ3n) is 10.7.